The molecule has 0 bridgehead atoms. The maximum Gasteiger partial charge on any atom is 0.320 e. The molecule has 0 unspecified atom stereocenters. The van der Waals surface area contributed by atoms with Gasteiger partial charge in [0.25, 0.3) is 0 Å². The summed E-state index contributed by atoms with van der Waals surface area (Å²) >= 11 is -4.17. The van der Waals surface area contributed by atoms with Crippen molar-refractivity contribution in [2.45, 2.75) is 0 Å². The molecular formula is C6H10O5S2. The summed E-state index contributed by atoms with van der Waals surface area (Å²) in [5.41, 5.74) is 0. The fourth-order valence-corrected chi connectivity index (χ4v) is 1.38. The van der Waals surface area contributed by atoms with Gasteiger partial charge in [-0.05, 0) is 0 Å². The fourth-order valence-electron chi connectivity index (χ4n) is 0.292. The van der Waals surface area contributed by atoms with Crippen LogP contribution in [-0.4, -0.2) is 21.6 Å². The fraction of sp³-hybridized carbons (Fsp3) is 0.333. The summed E-state index contributed by atoms with van der Waals surface area (Å²) in [6.45, 7) is 6.75. The van der Waals surface area contributed by atoms with Gasteiger partial charge in [-0.3, -0.25) is 8.37 Å². The van der Waals surface area contributed by atoms with E-state index in [1.807, 2.05) is 0 Å². The van der Waals surface area contributed by atoms with Crippen molar-refractivity contribution in [2.24, 2.45) is 0 Å². The van der Waals surface area contributed by atoms with Crippen molar-refractivity contribution in [3.8, 4) is 0 Å². The molecule has 0 atom stereocenters. The van der Waals surface area contributed by atoms with Crippen LogP contribution in [0, 0.1) is 0 Å². The van der Waals surface area contributed by atoms with E-state index in [9.17, 15) is 8.42 Å². The quantitative estimate of drug-likeness (QED) is 0.566. The molecule has 0 aliphatic carbocycles. The van der Waals surface area contributed by atoms with Gasteiger partial charge in [0.1, 0.15) is 0 Å². The third kappa shape index (κ3) is 8.00. The van der Waals surface area contributed by atoms with Gasteiger partial charge in [0.2, 0.25) is 0 Å². The first-order valence-electron chi connectivity index (χ1n) is 3.21. The van der Waals surface area contributed by atoms with E-state index in [1.54, 1.807) is 0 Å². The van der Waals surface area contributed by atoms with E-state index in [2.05, 4.69) is 25.2 Å². The second-order valence-corrected chi connectivity index (χ2v) is 3.45. The van der Waals surface area contributed by atoms with Crippen LogP contribution in [0.25, 0.3) is 0 Å². The van der Waals surface area contributed by atoms with Crippen molar-refractivity contribution in [1.29, 1.82) is 0 Å². The standard InChI is InChI=1S/C6H10O5S2/c1-3-5-9-12(7)11-13(8)10-6-4-2/h3-4H,1-2,5-6H2. The summed E-state index contributed by atoms with van der Waals surface area (Å²) in [6, 6.07) is 0. The Morgan fingerprint density at radius 3 is 1.69 bits per heavy atom. The summed E-state index contributed by atoms with van der Waals surface area (Å²) in [6.07, 6.45) is 2.77. The Labute approximate surface area is 82.1 Å². The maximum atomic E-state index is 10.7. The Morgan fingerprint density at radius 1 is 1.00 bits per heavy atom. The van der Waals surface area contributed by atoms with Gasteiger partial charge >= 0.3 is 22.7 Å². The highest BCUT2D eigenvalue weighted by Crippen LogP contribution is 1.96. The first-order chi connectivity index (χ1) is 6.20. The molecule has 0 rings (SSSR count). The first-order valence-corrected chi connectivity index (χ1v) is 5.21. The zero-order valence-electron chi connectivity index (χ0n) is 6.84. The van der Waals surface area contributed by atoms with Gasteiger partial charge in [-0.25, -0.2) is 0 Å². The molecule has 0 spiro atoms. The van der Waals surface area contributed by atoms with Crippen LogP contribution < -0.4 is 0 Å². The van der Waals surface area contributed by atoms with E-state index in [0.29, 0.717) is 0 Å². The highest BCUT2D eigenvalue weighted by atomic mass is 32.3. The van der Waals surface area contributed by atoms with Gasteiger partial charge in [-0.1, -0.05) is 12.2 Å². The van der Waals surface area contributed by atoms with Gasteiger partial charge in [-0.15, -0.1) is 16.8 Å². The van der Waals surface area contributed by atoms with E-state index in [0.717, 1.165) is 0 Å². The molecule has 0 saturated heterocycles. The molecule has 76 valence electrons. The molecule has 0 aliphatic rings. The Morgan fingerprint density at radius 2 is 1.38 bits per heavy atom. The predicted octanol–water partition coefficient (Wildman–Crippen LogP) is 0.566. The molecule has 0 aromatic rings. The van der Waals surface area contributed by atoms with Crippen LogP contribution in [0.1, 0.15) is 0 Å². The van der Waals surface area contributed by atoms with Gasteiger partial charge in [-0.2, -0.15) is 8.42 Å². The van der Waals surface area contributed by atoms with Crippen molar-refractivity contribution in [3.05, 3.63) is 25.3 Å². The van der Waals surface area contributed by atoms with E-state index in [4.69, 9.17) is 0 Å². The van der Waals surface area contributed by atoms with E-state index >= 15 is 0 Å². The Balaban J connectivity index is 3.58. The molecule has 0 radical (unpaired) electrons. The molecule has 13 heavy (non-hydrogen) atoms. The van der Waals surface area contributed by atoms with E-state index in [1.165, 1.54) is 12.2 Å². The zero-order valence-corrected chi connectivity index (χ0v) is 8.47. The maximum absolute atomic E-state index is 10.7. The van der Waals surface area contributed by atoms with E-state index < -0.39 is 22.7 Å². The van der Waals surface area contributed by atoms with Crippen LogP contribution >= 0.6 is 0 Å². The number of rotatable bonds is 8. The molecule has 5 nitrogen and oxygen atoms in total. The number of hydrogen-bond donors (Lipinski definition) is 0. The second-order valence-electron chi connectivity index (χ2n) is 1.62. The minimum Gasteiger partial charge on any atom is -0.264 e. The molecule has 0 saturated carbocycles. The van der Waals surface area contributed by atoms with Gasteiger partial charge < -0.3 is 0 Å². The van der Waals surface area contributed by atoms with Gasteiger partial charge in [0, 0.05) is 0 Å². The Bertz CT molecular complexity index is 193. The summed E-state index contributed by atoms with van der Waals surface area (Å²) in [7, 11) is 0. The molecule has 0 aromatic carbocycles. The first kappa shape index (κ1) is 12.7. The molecule has 0 aromatic heterocycles. The van der Waals surface area contributed by atoms with Crippen LogP contribution in [0.3, 0.4) is 0 Å². The molecular weight excluding hydrogens is 216 g/mol. The average molecular weight is 226 g/mol. The lowest BCUT2D eigenvalue weighted by Gasteiger charge is -1.99. The predicted molar refractivity (Wildman–Crippen MR) is 49.7 cm³/mol. The highest BCUT2D eigenvalue weighted by molar-refractivity contribution is 7.88. The minimum absolute atomic E-state index is 0.0469. The molecule has 0 aliphatic heterocycles. The zero-order chi connectivity index (χ0) is 10.1. The molecule has 0 heterocycles. The second kappa shape index (κ2) is 8.27. The molecule has 0 fully saturated rings. The lowest BCUT2D eigenvalue weighted by Crippen LogP contribution is -2.07. The van der Waals surface area contributed by atoms with Crippen LogP contribution in [0.2, 0.25) is 0 Å². The van der Waals surface area contributed by atoms with Gasteiger partial charge in [0.15, 0.2) is 0 Å². The lowest BCUT2D eigenvalue weighted by atomic mass is 10.7. The van der Waals surface area contributed by atoms with Crippen LogP contribution in [0.15, 0.2) is 25.3 Å². The molecule has 0 amide bonds. The summed E-state index contributed by atoms with van der Waals surface area (Å²) in [4.78, 5) is 0. The third-order valence-corrected chi connectivity index (χ3v) is 2.22. The number of hydrogen-bond acceptors (Lipinski definition) is 5. The SMILES string of the molecule is C=CCOS(=O)OS(=O)OCC=C. The Kier molecular flexibility index (Phi) is 8.05. The van der Waals surface area contributed by atoms with Crippen molar-refractivity contribution in [3.63, 3.8) is 0 Å². The van der Waals surface area contributed by atoms with Crippen molar-refractivity contribution in [1.82, 2.24) is 0 Å². The van der Waals surface area contributed by atoms with E-state index in [-0.39, 0.29) is 13.2 Å². The normalized spacial score (nSPS) is 14.8. The lowest BCUT2D eigenvalue weighted by molar-refractivity contribution is 0.316. The minimum atomic E-state index is -2.08. The van der Waals surface area contributed by atoms with Crippen LogP contribution in [0.4, 0.5) is 0 Å². The Hall–Kier alpha value is -0.340. The monoisotopic (exact) mass is 226 g/mol. The highest BCUT2D eigenvalue weighted by Gasteiger charge is 2.07. The molecule has 7 heteroatoms. The largest absolute Gasteiger partial charge is 0.320 e. The summed E-state index contributed by atoms with van der Waals surface area (Å²) < 4.78 is 34.6. The summed E-state index contributed by atoms with van der Waals surface area (Å²) in [5, 5.41) is 0. The van der Waals surface area contributed by atoms with Crippen molar-refractivity contribution < 1.29 is 20.4 Å². The van der Waals surface area contributed by atoms with Crippen LogP contribution in [0.5, 0.6) is 0 Å². The van der Waals surface area contributed by atoms with Crippen molar-refractivity contribution in [2.75, 3.05) is 13.2 Å². The van der Waals surface area contributed by atoms with Crippen LogP contribution in [-0.2, 0) is 34.7 Å². The summed E-state index contributed by atoms with van der Waals surface area (Å²) in [5.74, 6) is 0. The van der Waals surface area contributed by atoms with Gasteiger partial charge in [0.05, 0.1) is 13.2 Å². The third-order valence-electron chi connectivity index (χ3n) is 0.675. The van der Waals surface area contributed by atoms with Crippen molar-refractivity contribution >= 4 is 22.7 Å². The smallest absolute Gasteiger partial charge is 0.264 e. The topological polar surface area (TPSA) is 61.8 Å². The average Bonchev–Trinajstić information content (AvgIpc) is 2.11. The molecule has 0 N–H and O–H groups in total.